The zero-order chi connectivity index (χ0) is 9.97. The van der Waals surface area contributed by atoms with Gasteiger partial charge in [0.2, 0.25) is 0 Å². The molecule has 0 aliphatic carbocycles. The molecule has 0 spiro atoms. The molecule has 4 nitrogen and oxygen atoms in total. The Morgan fingerprint density at radius 1 is 1.33 bits per heavy atom. The zero-order valence-electron chi connectivity index (χ0n) is 9.06. The second-order valence-corrected chi connectivity index (χ2v) is 4.40. The number of nitrogens with zero attached hydrogens (tertiary/aromatic N) is 3. The average Bonchev–Trinajstić information content (AvgIpc) is 2.61. The van der Waals surface area contributed by atoms with Crippen molar-refractivity contribution < 1.29 is 0 Å². The highest BCUT2D eigenvalue weighted by Gasteiger charge is 2.20. The molecule has 2 rings (SSSR count). The maximum Gasteiger partial charge on any atom is 0.190 e. The molecule has 1 aliphatic heterocycles. The molecule has 0 atom stereocenters. The Labute approximate surface area is 101 Å². The van der Waals surface area contributed by atoms with Crippen molar-refractivity contribution in [3.05, 3.63) is 5.82 Å². The normalized spacial score (nSPS) is 17.5. The molecule has 1 aromatic heterocycles. The van der Waals surface area contributed by atoms with Gasteiger partial charge in [0, 0.05) is 13.0 Å². The molecule has 0 radical (unpaired) electrons. The van der Waals surface area contributed by atoms with Crippen LogP contribution in [0.2, 0.25) is 0 Å². The van der Waals surface area contributed by atoms with E-state index in [9.17, 15) is 0 Å². The minimum atomic E-state index is 0. The second kappa shape index (κ2) is 5.72. The molecular weight excluding hydrogens is 232 g/mol. The van der Waals surface area contributed by atoms with Crippen LogP contribution < -0.4 is 5.32 Å². The van der Waals surface area contributed by atoms with Gasteiger partial charge in [-0.05, 0) is 32.2 Å². The van der Waals surface area contributed by atoms with E-state index in [1.54, 1.807) is 11.8 Å². The lowest BCUT2D eigenvalue weighted by atomic mass is 9.97. The van der Waals surface area contributed by atoms with Gasteiger partial charge in [0.25, 0.3) is 0 Å². The molecule has 0 bridgehead atoms. The second-order valence-electron chi connectivity index (χ2n) is 3.63. The number of hydrogen-bond donors (Lipinski definition) is 1. The fourth-order valence-electron chi connectivity index (χ4n) is 1.94. The van der Waals surface area contributed by atoms with Gasteiger partial charge in [0.05, 0.1) is 0 Å². The molecule has 86 valence electrons. The summed E-state index contributed by atoms with van der Waals surface area (Å²) in [6, 6.07) is 0. The lowest BCUT2D eigenvalue weighted by Gasteiger charge is -2.21. The minimum absolute atomic E-state index is 0. The van der Waals surface area contributed by atoms with Crippen molar-refractivity contribution in [3.63, 3.8) is 0 Å². The first-order valence-electron chi connectivity index (χ1n) is 4.97. The smallest absolute Gasteiger partial charge is 0.190 e. The van der Waals surface area contributed by atoms with Crippen molar-refractivity contribution >= 4 is 24.2 Å². The Kier molecular flexibility index (Phi) is 4.89. The fraction of sp³-hybridized carbons (Fsp3) is 0.778. The van der Waals surface area contributed by atoms with Crippen LogP contribution in [-0.2, 0) is 7.05 Å². The first-order chi connectivity index (χ1) is 6.83. The van der Waals surface area contributed by atoms with Crippen molar-refractivity contribution in [2.45, 2.75) is 23.9 Å². The van der Waals surface area contributed by atoms with Gasteiger partial charge in [-0.15, -0.1) is 22.6 Å². The highest BCUT2D eigenvalue weighted by molar-refractivity contribution is 7.98. The number of thioether (sulfide) groups is 1. The monoisotopic (exact) mass is 248 g/mol. The van der Waals surface area contributed by atoms with E-state index in [2.05, 4.69) is 27.1 Å². The van der Waals surface area contributed by atoms with Gasteiger partial charge < -0.3 is 9.88 Å². The molecule has 1 aliphatic rings. The lowest BCUT2D eigenvalue weighted by molar-refractivity contribution is 0.434. The molecule has 0 aromatic carbocycles. The number of halogens is 1. The van der Waals surface area contributed by atoms with Gasteiger partial charge >= 0.3 is 0 Å². The van der Waals surface area contributed by atoms with E-state index in [4.69, 9.17) is 0 Å². The number of rotatable bonds is 2. The first-order valence-corrected chi connectivity index (χ1v) is 6.19. The quantitative estimate of drug-likeness (QED) is 0.805. The van der Waals surface area contributed by atoms with E-state index in [1.807, 2.05) is 6.26 Å². The standard InChI is InChI=1S/C9H16N4S.ClH/c1-13-8(11-12-9(13)14-2)7-3-5-10-6-4-7;/h7,10H,3-6H2,1-2H3;1H. The minimum Gasteiger partial charge on any atom is -0.317 e. The van der Waals surface area contributed by atoms with Gasteiger partial charge in [-0.2, -0.15) is 0 Å². The molecule has 0 saturated carbocycles. The molecule has 1 saturated heterocycles. The van der Waals surface area contributed by atoms with Crippen LogP contribution >= 0.6 is 24.2 Å². The van der Waals surface area contributed by atoms with Crippen molar-refractivity contribution in [2.75, 3.05) is 19.3 Å². The van der Waals surface area contributed by atoms with Crippen molar-refractivity contribution in [1.29, 1.82) is 0 Å². The van der Waals surface area contributed by atoms with Gasteiger partial charge in [-0.3, -0.25) is 0 Å². The molecule has 6 heteroatoms. The molecular formula is C9H17ClN4S. The first kappa shape index (κ1) is 12.8. The van der Waals surface area contributed by atoms with E-state index in [-0.39, 0.29) is 12.4 Å². The van der Waals surface area contributed by atoms with Crippen LogP contribution in [0.25, 0.3) is 0 Å². The van der Waals surface area contributed by atoms with Crippen LogP contribution in [0, 0.1) is 0 Å². The molecule has 1 aromatic rings. The van der Waals surface area contributed by atoms with Crippen molar-refractivity contribution in [2.24, 2.45) is 7.05 Å². The Bertz CT molecular complexity index is 309. The SMILES string of the molecule is CSc1nnc(C2CCNCC2)n1C.Cl. The van der Waals surface area contributed by atoms with Gasteiger partial charge in [0.1, 0.15) is 5.82 Å². The Balaban J connectivity index is 0.00000112. The van der Waals surface area contributed by atoms with Gasteiger partial charge in [-0.1, -0.05) is 11.8 Å². The van der Waals surface area contributed by atoms with E-state index >= 15 is 0 Å². The summed E-state index contributed by atoms with van der Waals surface area (Å²) in [6.07, 6.45) is 4.40. The predicted octanol–water partition coefficient (Wildman–Crippen LogP) is 1.43. The highest BCUT2D eigenvalue weighted by Crippen LogP contribution is 2.25. The Hall–Kier alpha value is -0.260. The van der Waals surface area contributed by atoms with Crippen LogP contribution in [0.4, 0.5) is 0 Å². The van der Waals surface area contributed by atoms with Gasteiger partial charge in [0.15, 0.2) is 5.16 Å². The van der Waals surface area contributed by atoms with Crippen LogP contribution in [-0.4, -0.2) is 34.1 Å². The number of piperidine rings is 1. The summed E-state index contributed by atoms with van der Waals surface area (Å²) in [5.41, 5.74) is 0. The topological polar surface area (TPSA) is 42.7 Å². The highest BCUT2D eigenvalue weighted by atomic mass is 35.5. The predicted molar refractivity (Wildman–Crippen MR) is 64.9 cm³/mol. The maximum absolute atomic E-state index is 4.27. The van der Waals surface area contributed by atoms with Crippen molar-refractivity contribution in [1.82, 2.24) is 20.1 Å². The molecule has 2 heterocycles. The van der Waals surface area contributed by atoms with Crippen molar-refractivity contribution in [3.8, 4) is 0 Å². The van der Waals surface area contributed by atoms with E-state index < -0.39 is 0 Å². The van der Waals surface area contributed by atoms with Gasteiger partial charge in [-0.25, -0.2) is 0 Å². The average molecular weight is 249 g/mol. The number of aromatic nitrogens is 3. The zero-order valence-corrected chi connectivity index (χ0v) is 10.7. The molecule has 1 N–H and O–H groups in total. The number of hydrogen-bond acceptors (Lipinski definition) is 4. The summed E-state index contributed by atoms with van der Waals surface area (Å²) < 4.78 is 2.13. The summed E-state index contributed by atoms with van der Waals surface area (Å²) in [6.45, 7) is 2.21. The summed E-state index contributed by atoms with van der Waals surface area (Å²) in [7, 11) is 2.06. The van der Waals surface area contributed by atoms with E-state index in [0.29, 0.717) is 5.92 Å². The largest absolute Gasteiger partial charge is 0.317 e. The Morgan fingerprint density at radius 3 is 2.53 bits per heavy atom. The van der Waals surface area contributed by atoms with E-state index in [0.717, 1.165) is 24.1 Å². The third-order valence-electron chi connectivity index (χ3n) is 2.76. The third-order valence-corrected chi connectivity index (χ3v) is 3.48. The van der Waals surface area contributed by atoms with Crippen LogP contribution in [0.1, 0.15) is 24.6 Å². The van der Waals surface area contributed by atoms with Crippen LogP contribution in [0.5, 0.6) is 0 Å². The molecule has 0 amide bonds. The number of nitrogens with one attached hydrogen (secondary N) is 1. The maximum atomic E-state index is 4.27. The third kappa shape index (κ3) is 2.65. The Morgan fingerprint density at radius 2 is 2.00 bits per heavy atom. The summed E-state index contributed by atoms with van der Waals surface area (Å²) in [5, 5.41) is 12.8. The lowest BCUT2D eigenvalue weighted by Crippen LogP contribution is -2.27. The van der Waals surface area contributed by atoms with E-state index in [1.165, 1.54) is 12.8 Å². The fourth-order valence-corrected chi connectivity index (χ4v) is 2.43. The van der Waals surface area contributed by atoms with Crippen LogP contribution in [0.3, 0.4) is 0 Å². The summed E-state index contributed by atoms with van der Waals surface area (Å²) in [5.74, 6) is 1.74. The summed E-state index contributed by atoms with van der Waals surface area (Å²) >= 11 is 1.65. The molecule has 0 unspecified atom stereocenters. The van der Waals surface area contributed by atoms with Crippen LogP contribution in [0.15, 0.2) is 5.16 Å². The summed E-state index contributed by atoms with van der Waals surface area (Å²) in [4.78, 5) is 0. The molecule has 15 heavy (non-hydrogen) atoms. The molecule has 1 fully saturated rings.